The Balaban J connectivity index is 1.83. The predicted molar refractivity (Wildman–Crippen MR) is 75.9 cm³/mol. The minimum Gasteiger partial charge on any atom is -0.478 e. The lowest BCUT2D eigenvalue weighted by molar-refractivity contribution is 0.0697. The average molecular weight is 270 g/mol. The SMILES string of the molecule is CC1CC1Cn1c(C2CC2)nc2ccc(C(=O)O)cc21. The minimum absolute atomic E-state index is 0.352. The summed E-state index contributed by atoms with van der Waals surface area (Å²) in [7, 11) is 0. The second-order valence-electron chi connectivity index (χ2n) is 6.34. The van der Waals surface area contributed by atoms with E-state index < -0.39 is 5.97 Å². The van der Waals surface area contributed by atoms with E-state index in [0.29, 0.717) is 11.5 Å². The van der Waals surface area contributed by atoms with Gasteiger partial charge in [0.05, 0.1) is 16.6 Å². The third-order valence-corrected chi connectivity index (χ3v) is 4.66. The Hall–Kier alpha value is -1.84. The molecule has 2 aliphatic carbocycles. The van der Waals surface area contributed by atoms with Crippen molar-refractivity contribution in [1.82, 2.24) is 9.55 Å². The summed E-state index contributed by atoms with van der Waals surface area (Å²) in [6, 6.07) is 5.28. The summed E-state index contributed by atoms with van der Waals surface area (Å²) in [5.74, 6) is 2.42. The molecule has 20 heavy (non-hydrogen) atoms. The first kappa shape index (κ1) is 11.9. The predicted octanol–water partition coefficient (Wildman–Crippen LogP) is 3.27. The van der Waals surface area contributed by atoms with Crippen LogP contribution in [0.1, 0.15) is 48.3 Å². The van der Waals surface area contributed by atoms with Crippen LogP contribution in [0, 0.1) is 11.8 Å². The molecule has 1 aromatic heterocycles. The van der Waals surface area contributed by atoms with Crippen LogP contribution >= 0.6 is 0 Å². The van der Waals surface area contributed by atoms with Gasteiger partial charge in [-0.1, -0.05) is 6.92 Å². The first-order chi connectivity index (χ1) is 9.63. The molecule has 2 saturated carbocycles. The van der Waals surface area contributed by atoms with E-state index >= 15 is 0 Å². The van der Waals surface area contributed by atoms with Crippen molar-refractivity contribution in [3.63, 3.8) is 0 Å². The second-order valence-corrected chi connectivity index (χ2v) is 6.34. The number of hydrogen-bond acceptors (Lipinski definition) is 2. The number of carboxylic acids is 1. The monoisotopic (exact) mass is 270 g/mol. The van der Waals surface area contributed by atoms with Crippen LogP contribution < -0.4 is 0 Å². The lowest BCUT2D eigenvalue weighted by atomic mass is 10.2. The van der Waals surface area contributed by atoms with Crippen LogP contribution in [0.2, 0.25) is 0 Å². The van der Waals surface area contributed by atoms with Gasteiger partial charge in [0.2, 0.25) is 0 Å². The molecule has 2 unspecified atom stereocenters. The Morgan fingerprint density at radius 1 is 1.45 bits per heavy atom. The number of carboxylic acid groups (broad SMARTS) is 1. The Kier molecular flexibility index (Phi) is 2.43. The maximum atomic E-state index is 11.2. The van der Waals surface area contributed by atoms with Crippen LogP contribution in [-0.2, 0) is 6.54 Å². The molecule has 0 spiro atoms. The molecule has 4 rings (SSSR count). The van der Waals surface area contributed by atoms with Crippen LogP contribution in [0.25, 0.3) is 11.0 Å². The van der Waals surface area contributed by atoms with Gasteiger partial charge in [0.1, 0.15) is 5.82 Å². The van der Waals surface area contributed by atoms with Crippen molar-refractivity contribution in [2.24, 2.45) is 11.8 Å². The van der Waals surface area contributed by atoms with Gasteiger partial charge in [-0.25, -0.2) is 9.78 Å². The number of fused-ring (bicyclic) bond motifs is 1. The Labute approximate surface area is 117 Å². The van der Waals surface area contributed by atoms with Crippen LogP contribution in [0.3, 0.4) is 0 Å². The topological polar surface area (TPSA) is 55.1 Å². The highest BCUT2D eigenvalue weighted by molar-refractivity contribution is 5.92. The van der Waals surface area contributed by atoms with E-state index in [2.05, 4.69) is 11.5 Å². The largest absolute Gasteiger partial charge is 0.478 e. The van der Waals surface area contributed by atoms with Gasteiger partial charge in [0.25, 0.3) is 0 Å². The van der Waals surface area contributed by atoms with E-state index in [1.54, 1.807) is 12.1 Å². The van der Waals surface area contributed by atoms with E-state index in [1.165, 1.54) is 25.1 Å². The van der Waals surface area contributed by atoms with E-state index in [1.807, 2.05) is 6.07 Å². The van der Waals surface area contributed by atoms with E-state index in [4.69, 9.17) is 4.98 Å². The molecular weight excluding hydrogens is 252 g/mol. The molecule has 0 bridgehead atoms. The molecule has 0 aliphatic heterocycles. The maximum absolute atomic E-state index is 11.2. The minimum atomic E-state index is -0.868. The lowest BCUT2D eigenvalue weighted by Gasteiger charge is -2.08. The molecule has 4 nitrogen and oxygen atoms in total. The van der Waals surface area contributed by atoms with Gasteiger partial charge in [-0.05, 0) is 49.3 Å². The average Bonchev–Trinajstić information content (AvgIpc) is 3.32. The molecule has 0 radical (unpaired) electrons. The second kappa shape index (κ2) is 4.08. The van der Waals surface area contributed by atoms with Gasteiger partial charge >= 0.3 is 5.97 Å². The summed E-state index contributed by atoms with van der Waals surface area (Å²) in [6.07, 6.45) is 3.72. The maximum Gasteiger partial charge on any atom is 0.335 e. The van der Waals surface area contributed by atoms with E-state index in [9.17, 15) is 9.90 Å². The number of aromatic carboxylic acids is 1. The quantitative estimate of drug-likeness (QED) is 0.927. The van der Waals surface area contributed by atoms with Crippen molar-refractivity contribution < 1.29 is 9.90 Å². The summed E-state index contributed by atoms with van der Waals surface area (Å²) >= 11 is 0. The van der Waals surface area contributed by atoms with Gasteiger partial charge in [-0.3, -0.25) is 0 Å². The molecule has 1 heterocycles. The van der Waals surface area contributed by atoms with Gasteiger partial charge < -0.3 is 9.67 Å². The molecule has 1 aromatic carbocycles. The summed E-state index contributed by atoms with van der Waals surface area (Å²) in [4.78, 5) is 15.9. The van der Waals surface area contributed by atoms with Crippen molar-refractivity contribution in [2.75, 3.05) is 0 Å². The highest BCUT2D eigenvalue weighted by Gasteiger charge is 2.36. The summed E-state index contributed by atoms with van der Waals surface area (Å²) < 4.78 is 2.29. The zero-order chi connectivity index (χ0) is 13.9. The molecule has 0 amide bonds. The molecule has 104 valence electrons. The first-order valence-electron chi connectivity index (χ1n) is 7.37. The van der Waals surface area contributed by atoms with Gasteiger partial charge in [0.15, 0.2) is 0 Å². The Morgan fingerprint density at radius 2 is 2.20 bits per heavy atom. The van der Waals surface area contributed by atoms with E-state index in [-0.39, 0.29) is 0 Å². The smallest absolute Gasteiger partial charge is 0.335 e. The zero-order valence-electron chi connectivity index (χ0n) is 11.5. The summed E-state index contributed by atoms with van der Waals surface area (Å²) in [6.45, 7) is 3.27. The van der Waals surface area contributed by atoms with Crippen LogP contribution in [0.5, 0.6) is 0 Å². The highest BCUT2D eigenvalue weighted by atomic mass is 16.4. The van der Waals surface area contributed by atoms with Crippen LogP contribution in [0.15, 0.2) is 18.2 Å². The van der Waals surface area contributed by atoms with Crippen LogP contribution in [0.4, 0.5) is 0 Å². The van der Waals surface area contributed by atoms with Crippen molar-refractivity contribution in [3.8, 4) is 0 Å². The third-order valence-electron chi connectivity index (χ3n) is 4.66. The first-order valence-corrected chi connectivity index (χ1v) is 7.37. The molecular formula is C16H18N2O2. The number of nitrogens with zero attached hydrogens (tertiary/aromatic N) is 2. The normalized spacial score (nSPS) is 25.1. The highest BCUT2D eigenvalue weighted by Crippen LogP contribution is 2.44. The van der Waals surface area contributed by atoms with Crippen LogP contribution in [-0.4, -0.2) is 20.6 Å². The molecule has 0 saturated heterocycles. The number of imidazole rings is 1. The Morgan fingerprint density at radius 3 is 2.80 bits per heavy atom. The van der Waals surface area contributed by atoms with E-state index in [0.717, 1.165) is 29.4 Å². The Bertz CT molecular complexity index is 700. The van der Waals surface area contributed by atoms with Crippen molar-refractivity contribution in [3.05, 3.63) is 29.6 Å². The summed E-state index contributed by atoms with van der Waals surface area (Å²) in [5, 5.41) is 9.17. The number of hydrogen-bond donors (Lipinski definition) is 1. The third kappa shape index (κ3) is 1.90. The fourth-order valence-corrected chi connectivity index (χ4v) is 3.01. The van der Waals surface area contributed by atoms with Gasteiger partial charge in [-0.15, -0.1) is 0 Å². The lowest BCUT2D eigenvalue weighted by Crippen LogP contribution is -2.06. The zero-order valence-corrected chi connectivity index (χ0v) is 11.5. The van der Waals surface area contributed by atoms with Gasteiger partial charge in [0, 0.05) is 12.5 Å². The number of benzene rings is 1. The molecule has 4 heteroatoms. The van der Waals surface area contributed by atoms with Crippen molar-refractivity contribution >= 4 is 17.0 Å². The van der Waals surface area contributed by atoms with Gasteiger partial charge in [-0.2, -0.15) is 0 Å². The molecule has 2 fully saturated rings. The fourth-order valence-electron chi connectivity index (χ4n) is 3.01. The molecule has 2 atom stereocenters. The summed E-state index contributed by atoms with van der Waals surface area (Å²) in [5.41, 5.74) is 2.28. The fraction of sp³-hybridized carbons (Fsp3) is 0.500. The number of rotatable bonds is 4. The molecule has 2 aromatic rings. The van der Waals surface area contributed by atoms with Crippen molar-refractivity contribution in [2.45, 2.75) is 38.6 Å². The number of carbonyl (C=O) groups is 1. The number of aromatic nitrogens is 2. The molecule has 1 N–H and O–H groups in total. The standard InChI is InChI=1S/C16H18N2O2/c1-9-6-12(9)8-18-14-7-11(16(19)20)4-5-13(14)17-15(18)10-2-3-10/h4-5,7,9-10,12H,2-3,6,8H2,1H3,(H,19,20). The van der Waals surface area contributed by atoms with Crippen molar-refractivity contribution in [1.29, 1.82) is 0 Å². The molecule has 2 aliphatic rings.